The molecule has 0 aromatic carbocycles. The second-order valence-electron chi connectivity index (χ2n) is 6.34. The summed E-state index contributed by atoms with van der Waals surface area (Å²) in [5, 5.41) is 5.11. The van der Waals surface area contributed by atoms with Crippen LogP contribution >= 0.6 is 23.1 Å². The van der Waals surface area contributed by atoms with Crippen LogP contribution in [0.4, 0.5) is 4.79 Å². The van der Waals surface area contributed by atoms with Gasteiger partial charge in [0.25, 0.3) is 0 Å². The molecule has 3 amide bonds. The zero-order valence-electron chi connectivity index (χ0n) is 14.8. The van der Waals surface area contributed by atoms with Crippen LogP contribution in [-0.2, 0) is 4.79 Å². The molecule has 2 aliphatic rings. The molecule has 6 nitrogen and oxygen atoms in total. The molecule has 1 aromatic heterocycles. The third-order valence-corrected chi connectivity index (χ3v) is 7.13. The van der Waals surface area contributed by atoms with Gasteiger partial charge in [-0.2, -0.15) is 0 Å². The zero-order valence-corrected chi connectivity index (χ0v) is 16.4. The number of thiophene rings is 1. The van der Waals surface area contributed by atoms with E-state index in [0.717, 1.165) is 39.3 Å². The lowest BCUT2D eigenvalue weighted by Gasteiger charge is -2.35. The first kappa shape index (κ1) is 18.5. The SMILES string of the molecule is CCNC(=O)N1CCN(CCN2C(=O)[C@H](C)S[C@@H]2c2cccs2)CC1. The first-order valence-corrected chi connectivity index (χ1v) is 10.7. The lowest BCUT2D eigenvalue weighted by atomic mass is 10.3. The molecule has 3 heterocycles. The molecule has 1 N–H and O–H groups in total. The molecule has 0 bridgehead atoms. The fourth-order valence-corrected chi connectivity index (χ4v) is 5.50. The Morgan fingerprint density at radius 3 is 2.68 bits per heavy atom. The predicted octanol–water partition coefficient (Wildman–Crippen LogP) is 2.06. The van der Waals surface area contributed by atoms with Gasteiger partial charge in [-0.05, 0) is 25.3 Å². The van der Waals surface area contributed by atoms with Crippen LogP contribution in [0.25, 0.3) is 0 Å². The average Bonchev–Trinajstić information content (AvgIpc) is 3.23. The van der Waals surface area contributed by atoms with E-state index in [9.17, 15) is 9.59 Å². The molecule has 0 radical (unpaired) electrons. The molecule has 1 aromatic rings. The number of hydrogen-bond acceptors (Lipinski definition) is 5. The maximum absolute atomic E-state index is 12.5. The third-order valence-electron chi connectivity index (χ3n) is 4.68. The summed E-state index contributed by atoms with van der Waals surface area (Å²) in [6, 6.07) is 4.19. The second-order valence-corrected chi connectivity index (χ2v) is 8.75. The molecule has 0 saturated carbocycles. The first-order chi connectivity index (χ1) is 12.1. The lowest BCUT2D eigenvalue weighted by molar-refractivity contribution is -0.130. The molecule has 2 atom stereocenters. The molecule has 2 fully saturated rings. The Kier molecular flexibility index (Phi) is 6.24. The van der Waals surface area contributed by atoms with Gasteiger partial charge < -0.3 is 15.1 Å². The van der Waals surface area contributed by atoms with Crippen molar-refractivity contribution in [3.05, 3.63) is 22.4 Å². The summed E-state index contributed by atoms with van der Waals surface area (Å²) in [4.78, 5) is 31.9. The number of amides is 3. The number of nitrogens with zero attached hydrogens (tertiary/aromatic N) is 3. The number of nitrogens with one attached hydrogen (secondary N) is 1. The average molecular weight is 383 g/mol. The highest BCUT2D eigenvalue weighted by molar-refractivity contribution is 8.01. The zero-order chi connectivity index (χ0) is 17.8. The van der Waals surface area contributed by atoms with Gasteiger partial charge >= 0.3 is 6.03 Å². The summed E-state index contributed by atoms with van der Waals surface area (Å²) in [7, 11) is 0. The molecular formula is C17H26N4O2S2. The van der Waals surface area contributed by atoms with Crippen molar-refractivity contribution in [2.75, 3.05) is 45.8 Å². The Hall–Kier alpha value is -1.25. The van der Waals surface area contributed by atoms with Crippen LogP contribution in [0.3, 0.4) is 0 Å². The molecule has 3 rings (SSSR count). The number of piperazine rings is 1. The highest BCUT2D eigenvalue weighted by atomic mass is 32.2. The molecule has 25 heavy (non-hydrogen) atoms. The van der Waals surface area contributed by atoms with Gasteiger partial charge in [0.15, 0.2) is 0 Å². The van der Waals surface area contributed by atoms with Crippen molar-refractivity contribution in [2.24, 2.45) is 0 Å². The second kappa shape index (κ2) is 8.42. The number of carbonyl (C=O) groups excluding carboxylic acids is 2. The van der Waals surface area contributed by atoms with Crippen LogP contribution in [-0.4, -0.2) is 77.7 Å². The van der Waals surface area contributed by atoms with Crippen molar-refractivity contribution in [3.63, 3.8) is 0 Å². The van der Waals surface area contributed by atoms with E-state index in [1.54, 1.807) is 23.1 Å². The summed E-state index contributed by atoms with van der Waals surface area (Å²) in [5.41, 5.74) is 0. The number of rotatable bonds is 5. The Morgan fingerprint density at radius 2 is 2.04 bits per heavy atom. The van der Waals surface area contributed by atoms with Gasteiger partial charge in [-0.1, -0.05) is 6.07 Å². The highest BCUT2D eigenvalue weighted by Crippen LogP contribution is 2.44. The molecule has 2 saturated heterocycles. The first-order valence-electron chi connectivity index (χ1n) is 8.84. The van der Waals surface area contributed by atoms with Crippen LogP contribution in [0.15, 0.2) is 17.5 Å². The van der Waals surface area contributed by atoms with Crippen molar-refractivity contribution >= 4 is 35.0 Å². The number of hydrogen-bond donors (Lipinski definition) is 1. The maximum Gasteiger partial charge on any atom is 0.317 e. The van der Waals surface area contributed by atoms with Crippen molar-refractivity contribution in [2.45, 2.75) is 24.5 Å². The van der Waals surface area contributed by atoms with Gasteiger partial charge in [0.2, 0.25) is 5.91 Å². The molecule has 138 valence electrons. The maximum atomic E-state index is 12.5. The monoisotopic (exact) mass is 382 g/mol. The van der Waals surface area contributed by atoms with Crippen molar-refractivity contribution < 1.29 is 9.59 Å². The van der Waals surface area contributed by atoms with E-state index in [0.29, 0.717) is 6.54 Å². The Balaban J connectivity index is 1.51. The van der Waals surface area contributed by atoms with Crippen LogP contribution in [0, 0.1) is 0 Å². The van der Waals surface area contributed by atoms with E-state index in [-0.39, 0.29) is 22.6 Å². The van der Waals surface area contributed by atoms with E-state index in [1.165, 1.54) is 4.88 Å². The normalized spacial score (nSPS) is 24.8. The number of urea groups is 1. The van der Waals surface area contributed by atoms with Gasteiger partial charge in [0, 0.05) is 50.7 Å². The van der Waals surface area contributed by atoms with E-state index in [2.05, 4.69) is 21.7 Å². The minimum atomic E-state index is 0.0276. The molecule has 0 aliphatic carbocycles. The number of carbonyl (C=O) groups is 2. The van der Waals surface area contributed by atoms with E-state index >= 15 is 0 Å². The van der Waals surface area contributed by atoms with Crippen molar-refractivity contribution in [1.82, 2.24) is 20.0 Å². The van der Waals surface area contributed by atoms with Crippen LogP contribution in [0.5, 0.6) is 0 Å². The summed E-state index contributed by atoms with van der Waals surface area (Å²) >= 11 is 3.46. The highest BCUT2D eigenvalue weighted by Gasteiger charge is 2.38. The fraction of sp³-hybridized carbons (Fsp3) is 0.647. The van der Waals surface area contributed by atoms with Gasteiger partial charge in [0.05, 0.1) is 5.25 Å². The van der Waals surface area contributed by atoms with Crippen molar-refractivity contribution in [3.8, 4) is 0 Å². The van der Waals surface area contributed by atoms with E-state index in [4.69, 9.17) is 0 Å². The van der Waals surface area contributed by atoms with Gasteiger partial charge in [-0.25, -0.2) is 4.79 Å². The van der Waals surface area contributed by atoms with Crippen LogP contribution in [0.2, 0.25) is 0 Å². The summed E-state index contributed by atoms with van der Waals surface area (Å²) < 4.78 is 0. The summed E-state index contributed by atoms with van der Waals surface area (Å²) in [6.07, 6.45) is 0. The molecule has 8 heteroatoms. The minimum absolute atomic E-state index is 0.0276. The van der Waals surface area contributed by atoms with Gasteiger partial charge in [0.1, 0.15) is 5.37 Å². The standard InChI is InChI=1S/C17H26N4O2S2/c1-3-18-17(23)20-9-6-19(7-10-20)8-11-21-15(22)13(2)25-16(21)14-5-4-12-24-14/h4-5,12-13,16H,3,6-11H2,1-2H3,(H,18,23)/t13-,16+/m0/s1. The summed E-state index contributed by atoms with van der Waals surface area (Å²) in [5.74, 6) is 0.240. The van der Waals surface area contributed by atoms with Gasteiger partial charge in [-0.3, -0.25) is 9.69 Å². The van der Waals surface area contributed by atoms with E-state index < -0.39 is 0 Å². The molecule has 2 aliphatic heterocycles. The largest absolute Gasteiger partial charge is 0.338 e. The Morgan fingerprint density at radius 1 is 1.28 bits per heavy atom. The smallest absolute Gasteiger partial charge is 0.317 e. The summed E-state index contributed by atoms with van der Waals surface area (Å²) in [6.45, 7) is 9.44. The molecule has 0 spiro atoms. The van der Waals surface area contributed by atoms with Crippen LogP contribution < -0.4 is 5.32 Å². The predicted molar refractivity (Wildman–Crippen MR) is 103 cm³/mol. The van der Waals surface area contributed by atoms with E-state index in [1.807, 2.05) is 29.7 Å². The van der Waals surface area contributed by atoms with Crippen LogP contribution in [0.1, 0.15) is 24.1 Å². The van der Waals surface area contributed by atoms with Gasteiger partial charge in [-0.15, -0.1) is 23.1 Å². The lowest BCUT2D eigenvalue weighted by Crippen LogP contribution is -2.53. The molecular weight excluding hydrogens is 356 g/mol. The Labute approximate surface area is 157 Å². The van der Waals surface area contributed by atoms with Crippen molar-refractivity contribution in [1.29, 1.82) is 0 Å². The minimum Gasteiger partial charge on any atom is -0.338 e. The quantitative estimate of drug-likeness (QED) is 0.847. The topological polar surface area (TPSA) is 55.9 Å². The molecule has 0 unspecified atom stereocenters. The number of thioether (sulfide) groups is 1. The fourth-order valence-electron chi connectivity index (χ4n) is 3.24. The Bertz CT molecular complexity index is 587. The third kappa shape index (κ3) is 4.30.